The summed E-state index contributed by atoms with van der Waals surface area (Å²) in [7, 11) is 0. The van der Waals surface area contributed by atoms with Crippen molar-refractivity contribution in [3.05, 3.63) is 0 Å². The van der Waals surface area contributed by atoms with Gasteiger partial charge in [-0.2, -0.15) is 0 Å². The molecule has 14 heavy (non-hydrogen) atoms. The summed E-state index contributed by atoms with van der Waals surface area (Å²) in [5.74, 6) is -0.346. The predicted molar refractivity (Wildman–Crippen MR) is 56.9 cm³/mol. The van der Waals surface area contributed by atoms with E-state index in [1.807, 2.05) is 4.72 Å². The van der Waals surface area contributed by atoms with Gasteiger partial charge in [0.25, 0.3) is 11.3 Å². The Labute approximate surface area is 87.9 Å². The lowest BCUT2D eigenvalue weighted by molar-refractivity contribution is -0.119. The average Bonchev–Trinajstić information content (AvgIpc) is 2.10. The Morgan fingerprint density at radius 3 is 2.36 bits per heavy atom. The first-order valence-electron chi connectivity index (χ1n) is 5.07. The maximum atomic E-state index is 10.9. The monoisotopic (exact) mass is 221 g/mol. The highest BCUT2D eigenvalue weighted by molar-refractivity contribution is 7.77. The van der Waals surface area contributed by atoms with E-state index in [4.69, 9.17) is 4.55 Å². The van der Waals surface area contributed by atoms with Crippen LogP contribution in [0.15, 0.2) is 0 Å². The molecule has 84 valence electrons. The molecule has 0 spiro atoms. The zero-order valence-electron chi connectivity index (χ0n) is 8.62. The molecule has 0 aromatic heterocycles. The van der Waals surface area contributed by atoms with Gasteiger partial charge in [0.2, 0.25) is 5.91 Å². The maximum absolute atomic E-state index is 10.9. The molecule has 0 aliphatic carbocycles. The van der Waals surface area contributed by atoms with Gasteiger partial charge < -0.3 is 0 Å². The van der Waals surface area contributed by atoms with Gasteiger partial charge in [-0.3, -0.25) is 14.1 Å². The average molecular weight is 221 g/mol. The zero-order valence-corrected chi connectivity index (χ0v) is 9.44. The number of amides is 1. The molecule has 0 bridgehead atoms. The summed E-state index contributed by atoms with van der Waals surface area (Å²) in [5.41, 5.74) is 0. The van der Waals surface area contributed by atoms with Crippen LogP contribution in [0.2, 0.25) is 0 Å². The Hall–Kier alpha value is -0.420. The number of hydrogen-bond donors (Lipinski definition) is 2. The van der Waals surface area contributed by atoms with Gasteiger partial charge in [0.15, 0.2) is 0 Å². The first-order chi connectivity index (χ1) is 6.66. The minimum atomic E-state index is -2.21. The second-order valence-corrected chi connectivity index (χ2v) is 3.99. The van der Waals surface area contributed by atoms with Crippen molar-refractivity contribution in [2.45, 2.75) is 51.9 Å². The fourth-order valence-electron chi connectivity index (χ4n) is 1.21. The van der Waals surface area contributed by atoms with E-state index in [0.717, 1.165) is 19.3 Å². The Balaban J connectivity index is 3.19. The molecule has 0 aromatic carbocycles. The summed E-state index contributed by atoms with van der Waals surface area (Å²) in [6.07, 6.45) is 6.97. The van der Waals surface area contributed by atoms with Crippen LogP contribution >= 0.6 is 0 Å². The fraction of sp³-hybridized carbons (Fsp3) is 0.889. The topological polar surface area (TPSA) is 66.4 Å². The summed E-state index contributed by atoms with van der Waals surface area (Å²) in [6, 6.07) is 0. The Morgan fingerprint density at radius 2 is 1.79 bits per heavy atom. The van der Waals surface area contributed by atoms with Gasteiger partial charge in [-0.05, 0) is 6.42 Å². The van der Waals surface area contributed by atoms with E-state index in [1.165, 1.54) is 19.3 Å². The number of unbranched alkanes of at least 4 members (excludes halogenated alkanes) is 5. The molecule has 0 fully saturated rings. The smallest absolute Gasteiger partial charge is 0.261 e. The van der Waals surface area contributed by atoms with Crippen molar-refractivity contribution >= 4 is 17.2 Å². The molecule has 0 saturated heterocycles. The normalized spacial score (nSPS) is 12.4. The first kappa shape index (κ1) is 13.6. The van der Waals surface area contributed by atoms with E-state index in [9.17, 15) is 9.00 Å². The van der Waals surface area contributed by atoms with Crippen LogP contribution in [-0.4, -0.2) is 14.7 Å². The lowest BCUT2D eigenvalue weighted by atomic mass is 10.1. The van der Waals surface area contributed by atoms with E-state index >= 15 is 0 Å². The molecule has 0 aliphatic rings. The number of carbonyl (C=O) groups is 1. The number of nitrogens with one attached hydrogen (secondary N) is 1. The van der Waals surface area contributed by atoms with E-state index in [2.05, 4.69) is 6.92 Å². The lowest BCUT2D eigenvalue weighted by Crippen LogP contribution is -2.24. The molecule has 0 aromatic rings. The van der Waals surface area contributed by atoms with E-state index in [-0.39, 0.29) is 5.91 Å². The van der Waals surface area contributed by atoms with Crippen molar-refractivity contribution in [3.63, 3.8) is 0 Å². The van der Waals surface area contributed by atoms with Gasteiger partial charge in [0.1, 0.15) is 0 Å². The Bertz CT molecular complexity index is 185. The molecule has 1 unspecified atom stereocenters. The number of hydrogen-bond acceptors (Lipinski definition) is 2. The number of rotatable bonds is 8. The molecule has 0 saturated carbocycles. The van der Waals surface area contributed by atoms with Crippen LogP contribution in [0, 0.1) is 0 Å². The summed E-state index contributed by atoms with van der Waals surface area (Å²) >= 11 is -2.21. The highest BCUT2D eigenvalue weighted by Gasteiger charge is 2.02. The molecule has 0 aliphatic heterocycles. The van der Waals surface area contributed by atoms with Gasteiger partial charge in [-0.25, -0.2) is 4.21 Å². The largest absolute Gasteiger partial charge is 0.289 e. The van der Waals surface area contributed by atoms with Crippen molar-refractivity contribution in [2.24, 2.45) is 0 Å². The van der Waals surface area contributed by atoms with Crippen LogP contribution in [0.5, 0.6) is 0 Å². The van der Waals surface area contributed by atoms with Crippen LogP contribution in [0.25, 0.3) is 0 Å². The zero-order chi connectivity index (χ0) is 10.8. The van der Waals surface area contributed by atoms with Crippen molar-refractivity contribution in [1.29, 1.82) is 0 Å². The van der Waals surface area contributed by atoms with E-state index in [0.29, 0.717) is 6.42 Å². The first-order valence-corrected chi connectivity index (χ1v) is 6.17. The van der Waals surface area contributed by atoms with Crippen LogP contribution in [-0.2, 0) is 16.1 Å². The van der Waals surface area contributed by atoms with Gasteiger partial charge in [0, 0.05) is 6.42 Å². The molecule has 2 N–H and O–H groups in total. The highest BCUT2D eigenvalue weighted by atomic mass is 32.2. The van der Waals surface area contributed by atoms with Gasteiger partial charge in [0.05, 0.1) is 0 Å². The van der Waals surface area contributed by atoms with Crippen LogP contribution < -0.4 is 4.72 Å². The van der Waals surface area contributed by atoms with Gasteiger partial charge >= 0.3 is 0 Å². The molecule has 0 heterocycles. The molecule has 1 amide bonds. The van der Waals surface area contributed by atoms with Crippen LogP contribution in [0.3, 0.4) is 0 Å². The van der Waals surface area contributed by atoms with Gasteiger partial charge in [-0.15, -0.1) is 0 Å². The Morgan fingerprint density at radius 1 is 1.21 bits per heavy atom. The second kappa shape index (κ2) is 9.15. The SMILES string of the molecule is CCCCCCCCC(=O)NS(=O)O. The highest BCUT2D eigenvalue weighted by Crippen LogP contribution is 2.06. The maximum Gasteiger partial charge on any atom is 0.261 e. The van der Waals surface area contributed by atoms with Crippen molar-refractivity contribution < 1.29 is 13.6 Å². The fourth-order valence-corrected chi connectivity index (χ4v) is 1.51. The van der Waals surface area contributed by atoms with Gasteiger partial charge in [-0.1, -0.05) is 39.0 Å². The van der Waals surface area contributed by atoms with Crippen LogP contribution in [0.4, 0.5) is 0 Å². The summed E-state index contributed by atoms with van der Waals surface area (Å²) in [6.45, 7) is 2.16. The molecule has 0 radical (unpaired) electrons. The molecule has 1 atom stereocenters. The number of carbonyl (C=O) groups excluding carboxylic acids is 1. The van der Waals surface area contributed by atoms with Crippen molar-refractivity contribution in [3.8, 4) is 0 Å². The minimum Gasteiger partial charge on any atom is -0.289 e. The molecular formula is C9H19NO3S. The molecular weight excluding hydrogens is 202 g/mol. The summed E-state index contributed by atoms with van der Waals surface area (Å²) in [4.78, 5) is 10.9. The summed E-state index contributed by atoms with van der Waals surface area (Å²) < 4.78 is 20.4. The predicted octanol–water partition coefficient (Wildman–Crippen LogP) is 1.99. The van der Waals surface area contributed by atoms with E-state index in [1.54, 1.807) is 0 Å². The Kier molecular flexibility index (Phi) is 8.87. The molecule has 5 heteroatoms. The minimum absolute atomic E-state index is 0.346. The van der Waals surface area contributed by atoms with Crippen LogP contribution in [0.1, 0.15) is 51.9 Å². The quantitative estimate of drug-likeness (QED) is 0.486. The molecule has 0 rings (SSSR count). The second-order valence-electron chi connectivity index (χ2n) is 3.29. The standard InChI is InChI=1S/C9H19NO3S/c1-2-3-4-5-6-7-8-9(11)10-14(12)13/h2-8H2,1H3,(H,10,11)(H,12,13). The van der Waals surface area contributed by atoms with Crippen molar-refractivity contribution in [1.82, 2.24) is 4.72 Å². The lowest BCUT2D eigenvalue weighted by Gasteiger charge is -2.00. The third-order valence-corrected chi connectivity index (χ3v) is 2.36. The summed E-state index contributed by atoms with van der Waals surface area (Å²) in [5, 5.41) is 0. The third kappa shape index (κ3) is 9.67. The van der Waals surface area contributed by atoms with E-state index < -0.39 is 11.3 Å². The molecule has 4 nitrogen and oxygen atoms in total. The van der Waals surface area contributed by atoms with Crippen molar-refractivity contribution in [2.75, 3.05) is 0 Å². The third-order valence-electron chi connectivity index (χ3n) is 1.96.